The molecule has 27 heavy (non-hydrogen) atoms. The van der Waals surface area contributed by atoms with Crippen molar-refractivity contribution >= 4 is 5.91 Å². The molecule has 2 aromatic rings. The first kappa shape index (κ1) is 19.4. The molecule has 0 saturated carbocycles. The zero-order valence-corrected chi connectivity index (χ0v) is 16.5. The minimum atomic E-state index is 0.162. The molecule has 0 bridgehead atoms. The van der Waals surface area contributed by atoms with Crippen molar-refractivity contribution in [3.63, 3.8) is 0 Å². The fourth-order valence-electron chi connectivity index (χ4n) is 3.98. The van der Waals surface area contributed by atoms with Gasteiger partial charge in [0.25, 0.3) is 0 Å². The third-order valence-electron chi connectivity index (χ3n) is 5.58. The number of methoxy groups -OCH3 is 1. The summed E-state index contributed by atoms with van der Waals surface area (Å²) in [6.07, 6.45) is 1.93. The Balaban J connectivity index is 1.54. The summed E-state index contributed by atoms with van der Waals surface area (Å²) in [5.74, 6) is 1.44. The van der Waals surface area contributed by atoms with E-state index in [1.54, 1.807) is 7.11 Å². The van der Waals surface area contributed by atoms with Crippen LogP contribution in [0.5, 0.6) is 5.75 Å². The van der Waals surface area contributed by atoms with Gasteiger partial charge in [0, 0.05) is 37.4 Å². The Hall–Kier alpha value is -2.33. The second-order valence-electron chi connectivity index (χ2n) is 7.35. The molecule has 1 aliphatic rings. The first-order chi connectivity index (χ1) is 13.2. The minimum Gasteiger partial charge on any atom is -0.496 e. The summed E-state index contributed by atoms with van der Waals surface area (Å²) < 4.78 is 5.47. The number of nitrogens with one attached hydrogen (secondary N) is 1. The van der Waals surface area contributed by atoms with Gasteiger partial charge in [-0.1, -0.05) is 42.5 Å². The molecule has 0 aliphatic carbocycles. The molecule has 0 radical (unpaired) electrons. The van der Waals surface area contributed by atoms with E-state index in [2.05, 4.69) is 31.2 Å². The molecule has 0 unspecified atom stereocenters. The number of likely N-dealkylation sites (tertiary alicyclic amines) is 1. The second-order valence-corrected chi connectivity index (χ2v) is 7.35. The highest BCUT2D eigenvalue weighted by atomic mass is 16.5. The summed E-state index contributed by atoms with van der Waals surface area (Å²) in [4.78, 5) is 16.5. The van der Waals surface area contributed by atoms with E-state index in [0.717, 1.165) is 44.8 Å². The molecule has 0 atom stereocenters. The molecule has 2 aromatic carbocycles. The minimum absolute atomic E-state index is 0.162. The number of amides is 1. The van der Waals surface area contributed by atoms with E-state index in [9.17, 15) is 4.79 Å². The van der Waals surface area contributed by atoms with Crippen LogP contribution in [0.4, 0.5) is 0 Å². The monoisotopic (exact) mass is 367 g/mol. The first-order valence-corrected chi connectivity index (χ1v) is 9.99. The van der Waals surface area contributed by atoms with Crippen LogP contribution in [0.2, 0.25) is 0 Å². The van der Waals surface area contributed by atoms with Crippen LogP contribution < -0.4 is 9.64 Å². The smallest absolute Gasteiger partial charge is 0.226 e. The summed E-state index contributed by atoms with van der Waals surface area (Å²) >= 11 is 0. The van der Waals surface area contributed by atoms with E-state index in [-0.39, 0.29) is 5.92 Å². The zero-order valence-electron chi connectivity index (χ0n) is 16.5. The summed E-state index contributed by atoms with van der Waals surface area (Å²) in [6.45, 7) is 6.59. The molecule has 1 saturated heterocycles. The Morgan fingerprint density at radius 3 is 2.41 bits per heavy atom. The number of hydrogen-bond acceptors (Lipinski definition) is 2. The van der Waals surface area contributed by atoms with E-state index < -0.39 is 0 Å². The Bertz CT molecular complexity index is 724. The molecule has 3 rings (SSSR count). The van der Waals surface area contributed by atoms with Crippen molar-refractivity contribution in [3.8, 4) is 5.75 Å². The predicted molar refractivity (Wildman–Crippen MR) is 108 cm³/mol. The standard InChI is InChI=1S/C23H30N2O2/c1-3-25(17-19-9-5-4-6-10-19)23(26)20-13-15-24(16-14-20)18-21-11-7-8-12-22(21)27-2/h4-12,20H,3,13-18H2,1-2H3/p+1. The predicted octanol–water partition coefficient (Wildman–Crippen LogP) is 2.54. The highest BCUT2D eigenvalue weighted by molar-refractivity contribution is 5.78. The number of para-hydroxylation sites is 1. The molecule has 1 heterocycles. The number of carbonyl (C=O) groups is 1. The number of nitrogens with zero attached hydrogens (tertiary/aromatic N) is 1. The molecule has 4 heteroatoms. The lowest BCUT2D eigenvalue weighted by Gasteiger charge is -2.32. The second kappa shape index (κ2) is 9.56. The highest BCUT2D eigenvalue weighted by Crippen LogP contribution is 2.18. The molecule has 144 valence electrons. The lowest BCUT2D eigenvalue weighted by atomic mass is 9.94. The van der Waals surface area contributed by atoms with E-state index >= 15 is 0 Å². The zero-order chi connectivity index (χ0) is 19.1. The van der Waals surface area contributed by atoms with Crippen LogP contribution >= 0.6 is 0 Å². The SMILES string of the molecule is CCN(Cc1ccccc1)C(=O)C1CC[NH+](Cc2ccccc2OC)CC1. The normalized spacial score (nSPS) is 19.5. The molecule has 4 nitrogen and oxygen atoms in total. The molecular formula is C23H31N2O2+. The first-order valence-electron chi connectivity index (χ1n) is 9.99. The van der Waals surface area contributed by atoms with Crippen molar-refractivity contribution in [1.29, 1.82) is 0 Å². The van der Waals surface area contributed by atoms with Crippen molar-refractivity contribution < 1.29 is 14.4 Å². The lowest BCUT2D eigenvalue weighted by molar-refractivity contribution is -0.919. The Morgan fingerprint density at radius 1 is 1.07 bits per heavy atom. The number of benzene rings is 2. The summed E-state index contributed by atoms with van der Waals surface area (Å²) in [5.41, 5.74) is 2.45. The van der Waals surface area contributed by atoms with Crippen LogP contribution in [0, 0.1) is 5.92 Å². The number of rotatable bonds is 7. The van der Waals surface area contributed by atoms with Crippen LogP contribution in [-0.4, -0.2) is 37.6 Å². The number of quaternary nitrogens is 1. The number of hydrogen-bond donors (Lipinski definition) is 1. The molecule has 1 N–H and O–H groups in total. The van der Waals surface area contributed by atoms with E-state index in [4.69, 9.17) is 4.74 Å². The topological polar surface area (TPSA) is 34.0 Å². The number of piperidine rings is 1. The molecule has 1 aliphatic heterocycles. The van der Waals surface area contributed by atoms with Crippen LogP contribution in [0.15, 0.2) is 54.6 Å². The van der Waals surface area contributed by atoms with Gasteiger partial charge in [-0.2, -0.15) is 0 Å². The van der Waals surface area contributed by atoms with Crippen molar-refractivity contribution in [2.24, 2.45) is 5.92 Å². The number of ether oxygens (including phenoxy) is 1. The van der Waals surface area contributed by atoms with Crippen molar-refractivity contribution in [2.45, 2.75) is 32.9 Å². The van der Waals surface area contributed by atoms with Gasteiger partial charge in [0.1, 0.15) is 12.3 Å². The van der Waals surface area contributed by atoms with Gasteiger partial charge in [0.2, 0.25) is 5.91 Å². The van der Waals surface area contributed by atoms with Gasteiger partial charge >= 0.3 is 0 Å². The maximum absolute atomic E-state index is 13.0. The van der Waals surface area contributed by atoms with Gasteiger partial charge in [-0.3, -0.25) is 4.79 Å². The Morgan fingerprint density at radius 2 is 1.74 bits per heavy atom. The molecule has 1 amide bonds. The van der Waals surface area contributed by atoms with Crippen LogP contribution in [0.3, 0.4) is 0 Å². The fraction of sp³-hybridized carbons (Fsp3) is 0.435. The Labute approximate surface area is 162 Å². The van der Waals surface area contributed by atoms with Gasteiger partial charge in [-0.25, -0.2) is 0 Å². The van der Waals surface area contributed by atoms with Crippen LogP contribution in [-0.2, 0) is 17.9 Å². The van der Waals surface area contributed by atoms with Crippen molar-refractivity contribution in [1.82, 2.24) is 4.90 Å². The van der Waals surface area contributed by atoms with Crippen molar-refractivity contribution in [3.05, 3.63) is 65.7 Å². The largest absolute Gasteiger partial charge is 0.496 e. The fourth-order valence-corrected chi connectivity index (χ4v) is 3.98. The third kappa shape index (κ3) is 5.10. The van der Waals surface area contributed by atoms with E-state index in [1.807, 2.05) is 35.2 Å². The van der Waals surface area contributed by atoms with E-state index in [1.165, 1.54) is 16.0 Å². The van der Waals surface area contributed by atoms with Crippen LogP contribution in [0.1, 0.15) is 30.9 Å². The van der Waals surface area contributed by atoms with E-state index in [0.29, 0.717) is 12.5 Å². The molecular weight excluding hydrogens is 336 g/mol. The van der Waals surface area contributed by atoms with Gasteiger partial charge < -0.3 is 14.5 Å². The Kier molecular flexibility index (Phi) is 6.88. The molecule has 0 aromatic heterocycles. The van der Waals surface area contributed by atoms with Gasteiger partial charge in [0.15, 0.2) is 0 Å². The maximum atomic E-state index is 13.0. The van der Waals surface area contributed by atoms with Gasteiger partial charge in [0.05, 0.1) is 20.2 Å². The average Bonchev–Trinajstić information content (AvgIpc) is 2.73. The third-order valence-corrected chi connectivity index (χ3v) is 5.58. The van der Waals surface area contributed by atoms with Gasteiger partial charge in [-0.15, -0.1) is 0 Å². The molecule has 1 fully saturated rings. The summed E-state index contributed by atoms with van der Waals surface area (Å²) in [6, 6.07) is 18.5. The highest BCUT2D eigenvalue weighted by Gasteiger charge is 2.30. The summed E-state index contributed by atoms with van der Waals surface area (Å²) in [5, 5.41) is 0. The van der Waals surface area contributed by atoms with Crippen molar-refractivity contribution in [2.75, 3.05) is 26.7 Å². The summed E-state index contributed by atoms with van der Waals surface area (Å²) in [7, 11) is 1.73. The van der Waals surface area contributed by atoms with Gasteiger partial charge in [-0.05, 0) is 24.6 Å². The lowest BCUT2D eigenvalue weighted by Crippen LogP contribution is -3.11. The average molecular weight is 368 g/mol. The van der Waals surface area contributed by atoms with Crippen LogP contribution in [0.25, 0.3) is 0 Å². The number of carbonyl (C=O) groups excluding carboxylic acids is 1. The quantitative estimate of drug-likeness (QED) is 0.816. The molecule has 0 spiro atoms. The maximum Gasteiger partial charge on any atom is 0.226 e.